The second-order valence-electron chi connectivity index (χ2n) is 5.02. The minimum absolute atomic E-state index is 0.0765. The summed E-state index contributed by atoms with van der Waals surface area (Å²) in [7, 11) is 1.66. The fourth-order valence-electron chi connectivity index (χ4n) is 2.45. The number of hydrogen-bond donors (Lipinski definition) is 1. The van der Waals surface area contributed by atoms with Crippen molar-refractivity contribution < 1.29 is 4.74 Å². The smallest absolute Gasteiger partial charge is 0.212 e. The zero-order chi connectivity index (χ0) is 15.8. The van der Waals surface area contributed by atoms with Gasteiger partial charge in [0.2, 0.25) is 5.16 Å². The third-order valence-electron chi connectivity index (χ3n) is 3.64. The van der Waals surface area contributed by atoms with Gasteiger partial charge in [0.15, 0.2) is 5.82 Å². The molecule has 0 bridgehead atoms. The van der Waals surface area contributed by atoms with Gasteiger partial charge in [0, 0.05) is 5.56 Å². The van der Waals surface area contributed by atoms with E-state index in [1.165, 1.54) is 0 Å². The number of nitrogens with one attached hydrogen (secondary N) is 1. The Morgan fingerprint density at radius 1 is 1.13 bits per heavy atom. The molecule has 23 heavy (non-hydrogen) atoms. The normalized spacial score (nSPS) is 16.0. The molecular weight excluding hydrogens is 332 g/mol. The van der Waals surface area contributed by atoms with Crippen LogP contribution < -0.4 is 10.2 Å². The fourth-order valence-corrected chi connectivity index (χ4v) is 3.66. The Bertz CT molecular complexity index is 850. The topological polar surface area (TPSA) is 52.0 Å². The van der Waals surface area contributed by atoms with Crippen LogP contribution in [0.1, 0.15) is 10.9 Å². The van der Waals surface area contributed by atoms with Gasteiger partial charge in [0.25, 0.3) is 0 Å². The molecular formula is C16H13ClN4OS. The van der Waals surface area contributed by atoms with Gasteiger partial charge in [-0.2, -0.15) is 0 Å². The van der Waals surface area contributed by atoms with E-state index >= 15 is 0 Å². The maximum Gasteiger partial charge on any atom is 0.212 e. The Balaban J connectivity index is 1.64. The lowest BCUT2D eigenvalue weighted by atomic mass is 10.2. The van der Waals surface area contributed by atoms with Crippen molar-refractivity contribution in [1.29, 1.82) is 0 Å². The lowest BCUT2D eigenvalue weighted by molar-refractivity contribution is 0.414. The molecule has 1 atom stereocenters. The van der Waals surface area contributed by atoms with Crippen LogP contribution in [0, 0.1) is 0 Å². The van der Waals surface area contributed by atoms with Gasteiger partial charge >= 0.3 is 0 Å². The van der Waals surface area contributed by atoms with Crippen LogP contribution in [0.3, 0.4) is 0 Å². The fraction of sp³-hybridized carbons (Fsp3) is 0.125. The third-order valence-corrected chi connectivity index (χ3v) is 5.05. The lowest BCUT2D eigenvalue weighted by Crippen LogP contribution is -2.13. The Morgan fingerprint density at radius 2 is 1.91 bits per heavy atom. The first-order valence-electron chi connectivity index (χ1n) is 7.04. The molecule has 0 spiro atoms. The molecule has 1 unspecified atom stereocenters. The number of ether oxygens (including phenoxy) is 1. The molecule has 1 aliphatic rings. The molecule has 5 nitrogen and oxygen atoms in total. The molecule has 1 N–H and O–H groups in total. The summed E-state index contributed by atoms with van der Waals surface area (Å²) in [4.78, 5) is 0. The summed E-state index contributed by atoms with van der Waals surface area (Å²) in [5, 5.41) is 10.1. The van der Waals surface area contributed by atoms with E-state index in [1.54, 1.807) is 18.9 Å². The summed E-state index contributed by atoms with van der Waals surface area (Å²) in [6.45, 7) is 0. The van der Waals surface area contributed by atoms with E-state index in [-0.39, 0.29) is 5.37 Å². The van der Waals surface area contributed by atoms with Crippen molar-refractivity contribution in [3.63, 3.8) is 0 Å². The van der Waals surface area contributed by atoms with E-state index < -0.39 is 0 Å². The molecule has 2 aromatic carbocycles. The summed E-state index contributed by atoms with van der Waals surface area (Å²) in [5.74, 6) is 1.56. The van der Waals surface area contributed by atoms with Gasteiger partial charge in [-0.05, 0) is 29.8 Å². The van der Waals surface area contributed by atoms with E-state index in [0.717, 1.165) is 22.0 Å². The van der Waals surface area contributed by atoms with Crippen LogP contribution in [0.4, 0.5) is 0 Å². The van der Waals surface area contributed by atoms with Crippen LogP contribution in [0.25, 0.3) is 11.4 Å². The zero-order valence-electron chi connectivity index (χ0n) is 12.2. The first-order chi connectivity index (χ1) is 11.3. The summed E-state index contributed by atoms with van der Waals surface area (Å²) in [6.07, 6.45) is 0. The quantitative estimate of drug-likeness (QED) is 0.779. The number of aromatic nitrogens is 3. The van der Waals surface area contributed by atoms with Crippen molar-refractivity contribution in [2.24, 2.45) is 0 Å². The van der Waals surface area contributed by atoms with E-state index in [0.29, 0.717) is 10.8 Å². The molecule has 116 valence electrons. The Hall–Kier alpha value is -2.18. The minimum Gasteiger partial charge on any atom is -0.497 e. The molecule has 1 aromatic heterocycles. The highest BCUT2D eigenvalue weighted by molar-refractivity contribution is 7.99. The molecule has 0 fully saturated rings. The van der Waals surface area contributed by atoms with Crippen LogP contribution in [-0.4, -0.2) is 22.0 Å². The van der Waals surface area contributed by atoms with Gasteiger partial charge in [0.1, 0.15) is 11.1 Å². The second kappa shape index (κ2) is 5.79. The van der Waals surface area contributed by atoms with E-state index in [4.69, 9.17) is 16.3 Å². The highest BCUT2D eigenvalue weighted by Crippen LogP contribution is 2.41. The van der Waals surface area contributed by atoms with Crippen molar-refractivity contribution in [3.05, 3.63) is 59.1 Å². The van der Waals surface area contributed by atoms with Gasteiger partial charge in [-0.3, -0.25) is 0 Å². The molecule has 1 aliphatic heterocycles. The SMILES string of the molecule is COc1ccc(C2Nn3c(nnc3-c3ccccc3Cl)S2)cc1. The average Bonchev–Trinajstić information content (AvgIpc) is 3.16. The van der Waals surface area contributed by atoms with Crippen LogP contribution >= 0.6 is 23.4 Å². The number of nitrogens with zero attached hydrogens (tertiary/aromatic N) is 3. The standard InChI is InChI=1S/C16H13ClN4OS/c1-22-11-8-6-10(7-9-11)15-20-21-14(18-19-16(21)23-15)12-4-2-3-5-13(12)17/h2-9,15,20H,1H3. The van der Waals surface area contributed by atoms with Gasteiger partial charge in [-0.15, -0.1) is 10.2 Å². The number of benzene rings is 2. The largest absolute Gasteiger partial charge is 0.497 e. The minimum atomic E-state index is 0.0765. The molecule has 0 saturated heterocycles. The predicted octanol–water partition coefficient (Wildman–Crippen LogP) is 3.96. The van der Waals surface area contributed by atoms with Gasteiger partial charge in [0.05, 0.1) is 12.1 Å². The monoisotopic (exact) mass is 344 g/mol. The molecule has 0 amide bonds. The van der Waals surface area contributed by atoms with Crippen LogP contribution in [0.15, 0.2) is 53.7 Å². The van der Waals surface area contributed by atoms with Crippen molar-refractivity contribution in [2.75, 3.05) is 12.5 Å². The number of thioether (sulfide) groups is 1. The Morgan fingerprint density at radius 3 is 2.65 bits per heavy atom. The number of fused-ring (bicyclic) bond motifs is 1. The summed E-state index contributed by atoms with van der Waals surface area (Å²) in [6, 6.07) is 15.6. The van der Waals surface area contributed by atoms with Crippen molar-refractivity contribution in [2.45, 2.75) is 10.5 Å². The first kappa shape index (κ1) is 14.4. The molecule has 7 heteroatoms. The highest BCUT2D eigenvalue weighted by Gasteiger charge is 2.28. The van der Waals surface area contributed by atoms with Crippen molar-refractivity contribution in [3.8, 4) is 17.1 Å². The van der Waals surface area contributed by atoms with Crippen molar-refractivity contribution in [1.82, 2.24) is 14.9 Å². The zero-order valence-corrected chi connectivity index (χ0v) is 13.8. The molecule has 0 saturated carbocycles. The first-order valence-corrected chi connectivity index (χ1v) is 8.29. The lowest BCUT2D eigenvalue weighted by Gasteiger charge is -2.13. The predicted molar refractivity (Wildman–Crippen MR) is 91.4 cm³/mol. The molecule has 2 heterocycles. The van der Waals surface area contributed by atoms with Crippen LogP contribution in [0.5, 0.6) is 5.75 Å². The maximum atomic E-state index is 6.27. The number of methoxy groups -OCH3 is 1. The van der Waals surface area contributed by atoms with Crippen LogP contribution in [-0.2, 0) is 0 Å². The van der Waals surface area contributed by atoms with Gasteiger partial charge in [-0.1, -0.05) is 47.6 Å². The molecule has 4 rings (SSSR count). The molecule has 3 aromatic rings. The highest BCUT2D eigenvalue weighted by atomic mass is 35.5. The summed E-state index contributed by atoms with van der Waals surface area (Å²) in [5.41, 5.74) is 5.42. The van der Waals surface area contributed by atoms with Gasteiger partial charge < -0.3 is 10.2 Å². The van der Waals surface area contributed by atoms with Crippen LogP contribution in [0.2, 0.25) is 5.02 Å². The Labute approximate surface area is 142 Å². The number of halogens is 1. The van der Waals surface area contributed by atoms with E-state index in [9.17, 15) is 0 Å². The number of rotatable bonds is 3. The van der Waals surface area contributed by atoms with E-state index in [1.807, 2.05) is 53.2 Å². The summed E-state index contributed by atoms with van der Waals surface area (Å²) >= 11 is 7.89. The molecule has 0 aliphatic carbocycles. The second-order valence-corrected chi connectivity index (χ2v) is 6.50. The average molecular weight is 345 g/mol. The number of hydrogen-bond acceptors (Lipinski definition) is 5. The third kappa shape index (κ3) is 2.54. The molecule has 0 radical (unpaired) electrons. The Kier molecular flexibility index (Phi) is 3.63. The van der Waals surface area contributed by atoms with Crippen molar-refractivity contribution >= 4 is 23.4 Å². The van der Waals surface area contributed by atoms with Gasteiger partial charge in [-0.25, -0.2) is 4.68 Å². The maximum absolute atomic E-state index is 6.27. The van der Waals surface area contributed by atoms with E-state index in [2.05, 4.69) is 15.6 Å². The summed E-state index contributed by atoms with van der Waals surface area (Å²) < 4.78 is 7.09.